The number of ether oxygens (including phenoxy) is 1. The van der Waals surface area contributed by atoms with E-state index in [2.05, 4.69) is 10.6 Å². The Hall–Kier alpha value is -2.57. The number of carbonyl (C=O) groups is 1. The molecule has 1 saturated heterocycles. The van der Waals surface area contributed by atoms with Crippen LogP contribution >= 0.6 is 0 Å². The predicted molar refractivity (Wildman–Crippen MR) is 81.2 cm³/mol. The molecule has 1 fully saturated rings. The lowest BCUT2D eigenvalue weighted by Gasteiger charge is -2.30. The molecule has 118 valence electrons. The van der Waals surface area contributed by atoms with E-state index in [0.29, 0.717) is 17.9 Å². The maximum Gasteiger partial charge on any atom is 0.319 e. The number of hydrogen-bond donors (Lipinski definition) is 2. The fourth-order valence-corrected chi connectivity index (χ4v) is 2.45. The zero-order valence-electron chi connectivity index (χ0n) is 12.5. The van der Waals surface area contributed by atoms with Crippen LogP contribution < -0.4 is 15.4 Å². The van der Waals surface area contributed by atoms with Crippen LogP contribution in [0.3, 0.4) is 0 Å². The van der Waals surface area contributed by atoms with Gasteiger partial charge in [-0.25, -0.2) is 4.79 Å². The van der Waals surface area contributed by atoms with E-state index in [9.17, 15) is 14.9 Å². The predicted octanol–water partition coefficient (Wildman–Crippen LogP) is 2.38. The fraction of sp³-hybridized carbons (Fsp3) is 0.400. The quantitative estimate of drug-likeness (QED) is 0.645. The molecule has 1 heterocycles. The van der Waals surface area contributed by atoms with E-state index in [4.69, 9.17) is 4.74 Å². The van der Waals surface area contributed by atoms with Crippen LogP contribution in [0.2, 0.25) is 0 Å². The van der Waals surface area contributed by atoms with Crippen molar-refractivity contribution >= 4 is 6.03 Å². The lowest BCUT2D eigenvalue weighted by Crippen LogP contribution is -2.54. The van der Waals surface area contributed by atoms with Crippen LogP contribution in [0.5, 0.6) is 5.75 Å². The number of benzene rings is 1. The van der Waals surface area contributed by atoms with Gasteiger partial charge in [0.05, 0.1) is 12.3 Å². The van der Waals surface area contributed by atoms with Gasteiger partial charge in [-0.15, -0.1) is 0 Å². The number of hydrogen-bond acceptors (Lipinski definition) is 4. The van der Waals surface area contributed by atoms with Crippen LogP contribution in [-0.4, -0.2) is 23.6 Å². The number of nitrogens with zero attached hydrogens (tertiary/aromatic N) is 1. The topological polar surface area (TPSA) is 93.5 Å². The van der Waals surface area contributed by atoms with Crippen molar-refractivity contribution in [1.82, 2.24) is 10.6 Å². The lowest BCUT2D eigenvalue weighted by atomic mass is 9.94. The van der Waals surface area contributed by atoms with Crippen molar-refractivity contribution in [1.29, 1.82) is 0 Å². The van der Waals surface area contributed by atoms with Crippen molar-refractivity contribution in [3.8, 4) is 5.75 Å². The SMILES string of the molecule is CC=C1NC(=O)N[C@H](c2ccccc2OCCC)[C@H]1[N+](=O)[O-]. The van der Waals surface area contributed by atoms with Crippen molar-refractivity contribution in [2.24, 2.45) is 0 Å². The molecule has 2 N–H and O–H groups in total. The van der Waals surface area contributed by atoms with Gasteiger partial charge >= 0.3 is 6.03 Å². The number of para-hydroxylation sites is 1. The fourth-order valence-electron chi connectivity index (χ4n) is 2.45. The molecule has 0 spiro atoms. The monoisotopic (exact) mass is 305 g/mol. The third-order valence-corrected chi connectivity index (χ3v) is 3.43. The largest absolute Gasteiger partial charge is 0.493 e. The molecule has 1 aliphatic heterocycles. The van der Waals surface area contributed by atoms with Gasteiger partial charge in [0.1, 0.15) is 11.8 Å². The molecule has 0 aromatic heterocycles. The van der Waals surface area contributed by atoms with Gasteiger partial charge in [-0.3, -0.25) is 10.1 Å². The van der Waals surface area contributed by atoms with Crippen LogP contribution in [0.1, 0.15) is 31.9 Å². The van der Waals surface area contributed by atoms with Gasteiger partial charge in [0, 0.05) is 10.5 Å². The first-order chi connectivity index (χ1) is 10.6. The van der Waals surface area contributed by atoms with E-state index < -0.39 is 23.0 Å². The van der Waals surface area contributed by atoms with Gasteiger partial charge in [-0.05, 0) is 19.4 Å². The average Bonchev–Trinajstić information content (AvgIpc) is 2.51. The molecule has 0 radical (unpaired) electrons. The number of urea groups is 1. The second-order valence-electron chi connectivity index (χ2n) is 4.94. The third-order valence-electron chi connectivity index (χ3n) is 3.43. The zero-order chi connectivity index (χ0) is 16.1. The zero-order valence-corrected chi connectivity index (χ0v) is 12.5. The minimum atomic E-state index is -1.07. The molecule has 2 rings (SSSR count). The normalized spacial score (nSPS) is 22.8. The van der Waals surface area contributed by atoms with Crippen molar-refractivity contribution in [3.63, 3.8) is 0 Å². The molecule has 2 atom stereocenters. The Balaban J connectivity index is 2.43. The summed E-state index contributed by atoms with van der Waals surface area (Å²) in [5.41, 5.74) is 0.885. The van der Waals surface area contributed by atoms with Crippen molar-refractivity contribution in [2.75, 3.05) is 6.61 Å². The number of nitrogens with one attached hydrogen (secondary N) is 2. The number of nitro groups is 1. The van der Waals surface area contributed by atoms with Crippen molar-refractivity contribution in [2.45, 2.75) is 32.4 Å². The molecular formula is C15H19N3O4. The minimum Gasteiger partial charge on any atom is -0.493 e. The van der Waals surface area contributed by atoms with Crippen LogP contribution in [-0.2, 0) is 0 Å². The number of carbonyl (C=O) groups excluding carboxylic acids is 1. The standard InChI is InChI=1S/C15H19N3O4/c1-3-9-22-12-8-6-5-7-10(12)13-14(18(20)21)11(4-2)16-15(19)17-13/h4-8,13-14H,3,9H2,1-2H3,(H2,16,17,19)/t13-,14+/m1/s1. The molecule has 7 nitrogen and oxygen atoms in total. The molecule has 7 heteroatoms. The molecule has 0 bridgehead atoms. The second kappa shape index (κ2) is 6.93. The van der Waals surface area contributed by atoms with Gasteiger partial charge in [-0.2, -0.15) is 0 Å². The molecule has 1 aliphatic rings. The number of allylic oxidation sites excluding steroid dienone is 1. The molecule has 1 aromatic carbocycles. The highest BCUT2D eigenvalue weighted by molar-refractivity contribution is 5.78. The summed E-state index contributed by atoms with van der Waals surface area (Å²) in [6.07, 6.45) is 2.38. The summed E-state index contributed by atoms with van der Waals surface area (Å²) in [6, 6.07) is 4.76. The van der Waals surface area contributed by atoms with E-state index in [-0.39, 0.29) is 5.70 Å². The maximum atomic E-state index is 11.8. The summed E-state index contributed by atoms with van der Waals surface area (Å²) in [6.45, 7) is 4.15. The highest BCUT2D eigenvalue weighted by atomic mass is 16.6. The van der Waals surface area contributed by atoms with E-state index in [1.807, 2.05) is 6.92 Å². The first-order valence-electron chi connectivity index (χ1n) is 7.17. The number of amides is 2. The first kappa shape index (κ1) is 15.8. The van der Waals surface area contributed by atoms with Gasteiger partial charge in [-0.1, -0.05) is 31.2 Å². The highest BCUT2D eigenvalue weighted by Gasteiger charge is 2.43. The van der Waals surface area contributed by atoms with Gasteiger partial charge < -0.3 is 15.4 Å². The first-order valence-corrected chi connectivity index (χ1v) is 7.17. The van der Waals surface area contributed by atoms with Crippen LogP contribution in [0.4, 0.5) is 4.79 Å². The Bertz CT molecular complexity index is 600. The molecule has 22 heavy (non-hydrogen) atoms. The minimum absolute atomic E-state index is 0.282. The third kappa shape index (κ3) is 3.19. The van der Waals surface area contributed by atoms with Gasteiger partial charge in [0.15, 0.2) is 0 Å². The number of rotatable bonds is 5. The van der Waals surface area contributed by atoms with Gasteiger partial charge in [0.25, 0.3) is 6.04 Å². The van der Waals surface area contributed by atoms with E-state index in [1.54, 1.807) is 37.3 Å². The Morgan fingerprint density at radius 1 is 1.41 bits per heavy atom. The molecule has 0 unspecified atom stereocenters. The van der Waals surface area contributed by atoms with Crippen LogP contribution in [0, 0.1) is 10.1 Å². The van der Waals surface area contributed by atoms with E-state index in [1.165, 1.54) is 0 Å². The Morgan fingerprint density at radius 3 is 2.77 bits per heavy atom. The Labute approximate surface area is 128 Å². The smallest absolute Gasteiger partial charge is 0.319 e. The molecule has 2 amide bonds. The van der Waals surface area contributed by atoms with E-state index in [0.717, 1.165) is 6.42 Å². The molecular weight excluding hydrogens is 286 g/mol. The summed E-state index contributed by atoms with van der Waals surface area (Å²) in [5, 5.41) is 16.6. The molecule has 0 aliphatic carbocycles. The summed E-state index contributed by atoms with van der Waals surface area (Å²) < 4.78 is 5.66. The summed E-state index contributed by atoms with van der Waals surface area (Å²) >= 11 is 0. The van der Waals surface area contributed by atoms with Crippen LogP contribution in [0.25, 0.3) is 0 Å². The summed E-state index contributed by atoms with van der Waals surface area (Å²) in [5.74, 6) is 0.554. The average molecular weight is 305 g/mol. The summed E-state index contributed by atoms with van der Waals surface area (Å²) in [4.78, 5) is 22.9. The molecule has 0 saturated carbocycles. The maximum absolute atomic E-state index is 11.8. The van der Waals surface area contributed by atoms with E-state index >= 15 is 0 Å². The summed E-state index contributed by atoms with van der Waals surface area (Å²) in [7, 11) is 0. The Morgan fingerprint density at radius 2 is 2.14 bits per heavy atom. The van der Waals surface area contributed by atoms with Crippen LogP contribution in [0.15, 0.2) is 36.0 Å². The van der Waals surface area contributed by atoms with Gasteiger partial charge in [0.2, 0.25) is 0 Å². The highest BCUT2D eigenvalue weighted by Crippen LogP contribution is 2.32. The lowest BCUT2D eigenvalue weighted by molar-refractivity contribution is -0.518. The Kier molecular flexibility index (Phi) is 4.98. The van der Waals surface area contributed by atoms with Crippen molar-refractivity contribution < 1.29 is 14.5 Å². The molecule has 1 aromatic rings. The van der Waals surface area contributed by atoms with Crippen molar-refractivity contribution in [3.05, 3.63) is 51.7 Å². The second-order valence-corrected chi connectivity index (χ2v) is 4.94.